The molecule has 0 unspecified atom stereocenters. The fourth-order valence-corrected chi connectivity index (χ4v) is 2.49. The molecule has 24 heavy (non-hydrogen) atoms. The van der Waals surface area contributed by atoms with E-state index in [-0.39, 0.29) is 19.0 Å². The van der Waals surface area contributed by atoms with Crippen LogP contribution in [0.15, 0.2) is 42.6 Å². The highest BCUT2D eigenvalue weighted by Crippen LogP contribution is 2.26. The average molecular weight is 332 g/mol. The third-order valence-corrected chi connectivity index (χ3v) is 3.90. The third kappa shape index (κ3) is 4.29. The normalized spacial score (nSPS) is 11.3. The Bertz CT molecular complexity index is 684. The van der Waals surface area contributed by atoms with E-state index in [1.54, 1.807) is 30.5 Å². The van der Waals surface area contributed by atoms with Gasteiger partial charge in [-0.05, 0) is 35.7 Å². The summed E-state index contributed by atoms with van der Waals surface area (Å²) in [6.45, 7) is 3.99. The van der Waals surface area contributed by atoms with Gasteiger partial charge in [0.15, 0.2) is 0 Å². The van der Waals surface area contributed by atoms with E-state index in [4.69, 9.17) is 5.11 Å². The first-order valence-corrected chi connectivity index (χ1v) is 7.66. The first-order chi connectivity index (χ1) is 11.3. The van der Waals surface area contributed by atoms with Crippen LogP contribution < -0.4 is 4.90 Å². The zero-order chi connectivity index (χ0) is 17.7. The number of aliphatic hydroxyl groups is 1. The maximum Gasteiger partial charge on any atom is 0.413 e. The monoisotopic (exact) mass is 332 g/mol. The molecule has 1 amide bonds. The Morgan fingerprint density at radius 2 is 1.88 bits per heavy atom. The molecule has 2 rings (SSSR count). The van der Waals surface area contributed by atoms with Crippen LogP contribution in [0, 0.1) is 5.82 Å². The van der Waals surface area contributed by atoms with Crippen LogP contribution in [0.5, 0.6) is 0 Å². The molecular weight excluding hydrogens is 311 g/mol. The molecule has 0 saturated heterocycles. The molecule has 5 nitrogen and oxygen atoms in total. The van der Waals surface area contributed by atoms with Crippen molar-refractivity contribution in [2.24, 2.45) is 0 Å². The van der Waals surface area contributed by atoms with Gasteiger partial charge in [0.2, 0.25) is 0 Å². The lowest BCUT2D eigenvalue weighted by molar-refractivity contribution is 0.200. The van der Waals surface area contributed by atoms with E-state index in [9.17, 15) is 14.3 Å². The van der Waals surface area contributed by atoms with Crippen LogP contribution in [0.2, 0.25) is 0 Å². The number of rotatable bonds is 6. The second-order valence-electron chi connectivity index (χ2n) is 6.26. The van der Waals surface area contributed by atoms with Crippen LogP contribution >= 0.6 is 0 Å². The van der Waals surface area contributed by atoms with Gasteiger partial charge in [-0.2, -0.15) is 0 Å². The van der Waals surface area contributed by atoms with Gasteiger partial charge in [0.1, 0.15) is 11.6 Å². The summed E-state index contributed by atoms with van der Waals surface area (Å²) in [7, 11) is 0. The third-order valence-electron chi connectivity index (χ3n) is 3.90. The predicted molar refractivity (Wildman–Crippen MR) is 89.8 cm³/mol. The molecule has 2 N–H and O–H groups in total. The van der Waals surface area contributed by atoms with Gasteiger partial charge >= 0.3 is 6.09 Å². The minimum Gasteiger partial charge on any atom is -0.465 e. The molecule has 1 aromatic carbocycles. The molecule has 1 heterocycles. The number of anilines is 1. The van der Waals surface area contributed by atoms with E-state index in [1.807, 2.05) is 13.8 Å². The molecule has 6 heteroatoms. The maximum atomic E-state index is 13.1. The average Bonchev–Trinajstić information content (AvgIpc) is 2.54. The maximum absolute atomic E-state index is 13.1. The molecule has 0 radical (unpaired) electrons. The molecule has 0 fully saturated rings. The van der Waals surface area contributed by atoms with E-state index in [0.29, 0.717) is 12.2 Å². The SMILES string of the molecule is CC(C)(CN(C(=O)O)c1ccc(CCO)cn1)c1ccc(F)cc1. The zero-order valence-corrected chi connectivity index (χ0v) is 13.7. The number of pyridine rings is 1. The summed E-state index contributed by atoms with van der Waals surface area (Å²) < 4.78 is 13.1. The number of nitrogens with zero attached hydrogens (tertiary/aromatic N) is 2. The van der Waals surface area contributed by atoms with E-state index >= 15 is 0 Å². The standard InChI is InChI=1S/C18H21FN2O3/c1-18(2,14-4-6-15(19)7-5-14)12-21(17(23)24)16-8-3-13(9-10-22)11-20-16/h3-8,11,22H,9-10,12H2,1-2H3,(H,23,24). The Morgan fingerprint density at radius 1 is 1.21 bits per heavy atom. The van der Waals surface area contributed by atoms with Crippen LogP contribution in [0.25, 0.3) is 0 Å². The van der Waals surface area contributed by atoms with Crippen molar-refractivity contribution in [3.63, 3.8) is 0 Å². The van der Waals surface area contributed by atoms with Gasteiger partial charge in [0.25, 0.3) is 0 Å². The number of benzene rings is 1. The Labute approximate surface area is 140 Å². The molecule has 0 spiro atoms. The number of carboxylic acid groups (broad SMARTS) is 1. The summed E-state index contributed by atoms with van der Waals surface area (Å²) >= 11 is 0. The second-order valence-corrected chi connectivity index (χ2v) is 6.26. The van der Waals surface area contributed by atoms with Crippen LogP contribution in [-0.2, 0) is 11.8 Å². The molecule has 0 aliphatic rings. The van der Waals surface area contributed by atoms with Crippen molar-refractivity contribution in [1.82, 2.24) is 4.98 Å². The predicted octanol–water partition coefficient (Wildman–Crippen LogP) is 3.22. The molecule has 0 atom stereocenters. The molecule has 2 aromatic rings. The lowest BCUT2D eigenvalue weighted by Gasteiger charge is -2.31. The molecule has 0 aliphatic heterocycles. The molecule has 1 aromatic heterocycles. The summed E-state index contributed by atoms with van der Waals surface area (Å²) in [6.07, 6.45) is 0.931. The van der Waals surface area contributed by atoms with Gasteiger partial charge in [-0.25, -0.2) is 14.2 Å². The molecular formula is C18H21FN2O3. The Kier molecular flexibility index (Phi) is 5.51. The summed E-state index contributed by atoms with van der Waals surface area (Å²) in [6, 6.07) is 9.42. The van der Waals surface area contributed by atoms with Gasteiger partial charge < -0.3 is 10.2 Å². The van der Waals surface area contributed by atoms with Gasteiger partial charge in [0.05, 0.1) is 0 Å². The first kappa shape index (κ1) is 17.9. The first-order valence-electron chi connectivity index (χ1n) is 7.66. The number of amides is 1. The van der Waals surface area contributed by atoms with Gasteiger partial charge in [0, 0.05) is 24.8 Å². The summed E-state index contributed by atoms with van der Waals surface area (Å²) in [5, 5.41) is 18.5. The number of halogens is 1. The molecule has 0 bridgehead atoms. The van der Waals surface area contributed by atoms with Gasteiger partial charge in [-0.15, -0.1) is 0 Å². The lowest BCUT2D eigenvalue weighted by Crippen LogP contribution is -2.40. The van der Waals surface area contributed by atoms with Crippen molar-refractivity contribution in [2.75, 3.05) is 18.1 Å². The van der Waals surface area contributed by atoms with Crippen molar-refractivity contribution in [2.45, 2.75) is 25.7 Å². The molecule has 128 valence electrons. The topological polar surface area (TPSA) is 73.7 Å². The fourth-order valence-electron chi connectivity index (χ4n) is 2.49. The number of carbonyl (C=O) groups is 1. The van der Waals surface area contributed by atoms with E-state index in [0.717, 1.165) is 11.1 Å². The van der Waals surface area contributed by atoms with E-state index < -0.39 is 11.5 Å². The highest BCUT2D eigenvalue weighted by molar-refractivity contribution is 5.84. The van der Waals surface area contributed by atoms with E-state index in [1.165, 1.54) is 17.0 Å². The van der Waals surface area contributed by atoms with Crippen molar-refractivity contribution in [3.05, 3.63) is 59.5 Å². The summed E-state index contributed by atoms with van der Waals surface area (Å²) in [5.41, 5.74) is 1.16. The van der Waals surface area contributed by atoms with Crippen molar-refractivity contribution >= 4 is 11.9 Å². The summed E-state index contributed by atoms with van der Waals surface area (Å²) in [5.74, 6) is -0.00911. The van der Waals surface area contributed by atoms with E-state index in [2.05, 4.69) is 4.98 Å². The largest absolute Gasteiger partial charge is 0.465 e. The van der Waals surface area contributed by atoms with Gasteiger partial charge in [-0.1, -0.05) is 32.0 Å². The van der Waals surface area contributed by atoms with Crippen molar-refractivity contribution < 1.29 is 19.4 Å². The summed E-state index contributed by atoms with van der Waals surface area (Å²) in [4.78, 5) is 17.0. The van der Waals surface area contributed by atoms with Crippen LogP contribution in [0.4, 0.5) is 15.0 Å². The Balaban J connectivity index is 2.24. The second kappa shape index (κ2) is 7.40. The minimum atomic E-state index is -1.10. The minimum absolute atomic E-state index is 0.0151. The quantitative estimate of drug-likeness (QED) is 0.852. The number of aromatic nitrogens is 1. The van der Waals surface area contributed by atoms with Gasteiger partial charge in [-0.3, -0.25) is 4.90 Å². The highest BCUT2D eigenvalue weighted by Gasteiger charge is 2.28. The Hall–Kier alpha value is -2.47. The van der Waals surface area contributed by atoms with Crippen LogP contribution in [0.3, 0.4) is 0 Å². The number of hydrogen-bond donors (Lipinski definition) is 2. The molecule has 0 saturated carbocycles. The zero-order valence-electron chi connectivity index (χ0n) is 13.7. The lowest BCUT2D eigenvalue weighted by atomic mass is 9.84. The molecule has 0 aliphatic carbocycles. The Morgan fingerprint density at radius 3 is 2.38 bits per heavy atom. The van der Waals surface area contributed by atoms with Crippen LogP contribution in [0.1, 0.15) is 25.0 Å². The van der Waals surface area contributed by atoms with Crippen LogP contribution in [-0.4, -0.2) is 34.4 Å². The number of aliphatic hydroxyl groups excluding tert-OH is 1. The highest BCUT2D eigenvalue weighted by atomic mass is 19.1. The van der Waals surface area contributed by atoms with Crippen molar-refractivity contribution in [1.29, 1.82) is 0 Å². The smallest absolute Gasteiger partial charge is 0.413 e. The number of hydrogen-bond acceptors (Lipinski definition) is 3. The fraction of sp³-hybridized carbons (Fsp3) is 0.333. The van der Waals surface area contributed by atoms with Crippen molar-refractivity contribution in [3.8, 4) is 0 Å².